The average Bonchev–Trinajstić information content (AvgIpc) is 3.14. The number of aromatic nitrogens is 3. The van der Waals surface area contributed by atoms with Gasteiger partial charge in [-0.05, 0) is 36.4 Å². The smallest absolute Gasteiger partial charge is 0.234 e. The second-order valence-corrected chi connectivity index (χ2v) is 6.99. The van der Waals surface area contributed by atoms with Crippen LogP contribution in [0.3, 0.4) is 0 Å². The molecule has 0 unspecified atom stereocenters. The van der Waals surface area contributed by atoms with E-state index in [2.05, 4.69) is 22.1 Å². The SMILES string of the molecule is C=CCn1c(COc2ccccc2F)nnc1SCC(=O)Nc1ccc(C#N)cc1. The van der Waals surface area contributed by atoms with E-state index < -0.39 is 5.82 Å². The van der Waals surface area contributed by atoms with E-state index in [0.717, 1.165) is 0 Å². The molecule has 3 aromatic rings. The van der Waals surface area contributed by atoms with Crippen LogP contribution in [0.5, 0.6) is 5.75 Å². The minimum absolute atomic E-state index is 0.0276. The van der Waals surface area contributed by atoms with Crippen LogP contribution in [0.15, 0.2) is 66.3 Å². The highest BCUT2D eigenvalue weighted by molar-refractivity contribution is 7.99. The van der Waals surface area contributed by atoms with Crippen molar-refractivity contribution in [3.8, 4) is 11.8 Å². The molecule has 152 valence electrons. The Hall–Kier alpha value is -3.64. The van der Waals surface area contributed by atoms with Gasteiger partial charge in [0.2, 0.25) is 5.91 Å². The molecule has 0 atom stereocenters. The molecule has 1 aromatic heterocycles. The van der Waals surface area contributed by atoms with Gasteiger partial charge < -0.3 is 10.1 Å². The van der Waals surface area contributed by atoms with Crippen molar-refractivity contribution in [2.75, 3.05) is 11.1 Å². The molecule has 9 heteroatoms. The Kier molecular flexibility index (Phi) is 7.19. The van der Waals surface area contributed by atoms with Crippen LogP contribution in [0.2, 0.25) is 0 Å². The van der Waals surface area contributed by atoms with Crippen LogP contribution in [0, 0.1) is 17.1 Å². The number of nitrogens with one attached hydrogen (secondary N) is 1. The lowest BCUT2D eigenvalue weighted by Crippen LogP contribution is -2.15. The van der Waals surface area contributed by atoms with Crippen LogP contribution in [-0.2, 0) is 17.9 Å². The van der Waals surface area contributed by atoms with Crippen molar-refractivity contribution in [1.82, 2.24) is 14.8 Å². The standard InChI is InChI=1S/C21H18FN5O2S/c1-2-11-27-19(13-29-18-6-4-3-5-17(18)22)25-26-21(27)30-14-20(28)24-16-9-7-15(12-23)8-10-16/h2-10H,1,11,13-14H2,(H,24,28). The molecule has 0 radical (unpaired) electrons. The molecule has 2 aromatic carbocycles. The molecular weight excluding hydrogens is 405 g/mol. The lowest BCUT2D eigenvalue weighted by molar-refractivity contribution is -0.113. The van der Waals surface area contributed by atoms with E-state index in [1.807, 2.05) is 6.07 Å². The number of hydrogen-bond donors (Lipinski definition) is 1. The van der Waals surface area contributed by atoms with Crippen LogP contribution in [0.25, 0.3) is 0 Å². The molecule has 3 rings (SSSR count). The van der Waals surface area contributed by atoms with Gasteiger partial charge in [0.25, 0.3) is 0 Å². The number of benzene rings is 2. The quantitative estimate of drug-likeness (QED) is 0.416. The number of hydrogen-bond acceptors (Lipinski definition) is 6. The number of nitrogens with zero attached hydrogens (tertiary/aromatic N) is 4. The summed E-state index contributed by atoms with van der Waals surface area (Å²) in [6.07, 6.45) is 1.68. The number of para-hydroxylation sites is 1. The van der Waals surface area contributed by atoms with Gasteiger partial charge in [0, 0.05) is 12.2 Å². The Labute approximate surface area is 177 Å². The lowest BCUT2D eigenvalue weighted by atomic mass is 10.2. The van der Waals surface area contributed by atoms with Crippen LogP contribution in [0.4, 0.5) is 10.1 Å². The summed E-state index contributed by atoms with van der Waals surface area (Å²) in [5.74, 6) is 0.0573. The molecular formula is C21H18FN5O2S. The molecule has 0 spiro atoms. The normalized spacial score (nSPS) is 10.3. The molecule has 0 aliphatic heterocycles. The van der Waals surface area contributed by atoms with Crippen molar-refractivity contribution in [2.45, 2.75) is 18.3 Å². The van der Waals surface area contributed by atoms with E-state index in [0.29, 0.717) is 28.8 Å². The first-order valence-electron chi connectivity index (χ1n) is 8.94. The van der Waals surface area contributed by atoms with Crippen LogP contribution < -0.4 is 10.1 Å². The first-order valence-corrected chi connectivity index (χ1v) is 9.92. The largest absolute Gasteiger partial charge is 0.483 e. The van der Waals surface area contributed by atoms with Crippen molar-refractivity contribution in [2.24, 2.45) is 0 Å². The number of halogens is 1. The second-order valence-electron chi connectivity index (χ2n) is 6.04. The van der Waals surface area contributed by atoms with E-state index in [9.17, 15) is 9.18 Å². The average molecular weight is 423 g/mol. The number of carbonyl (C=O) groups excluding carboxylic acids is 1. The highest BCUT2D eigenvalue weighted by Gasteiger charge is 2.15. The van der Waals surface area contributed by atoms with Crippen molar-refractivity contribution in [1.29, 1.82) is 5.26 Å². The van der Waals surface area contributed by atoms with Gasteiger partial charge in [-0.1, -0.05) is 30.0 Å². The molecule has 0 aliphatic rings. The van der Waals surface area contributed by atoms with E-state index in [4.69, 9.17) is 10.00 Å². The van der Waals surface area contributed by atoms with Crippen molar-refractivity contribution in [3.05, 3.63) is 78.4 Å². The van der Waals surface area contributed by atoms with Gasteiger partial charge >= 0.3 is 0 Å². The maximum atomic E-state index is 13.7. The number of rotatable bonds is 9. The predicted molar refractivity (Wildman–Crippen MR) is 111 cm³/mol. The molecule has 30 heavy (non-hydrogen) atoms. The van der Waals surface area contributed by atoms with Gasteiger partial charge in [0.15, 0.2) is 22.5 Å². The molecule has 0 saturated carbocycles. The minimum atomic E-state index is -0.457. The molecule has 1 heterocycles. The number of thioether (sulfide) groups is 1. The maximum Gasteiger partial charge on any atom is 0.234 e. The third kappa shape index (κ3) is 5.46. The molecule has 0 saturated heterocycles. The predicted octanol–water partition coefficient (Wildman–Crippen LogP) is 3.78. The monoisotopic (exact) mass is 423 g/mol. The van der Waals surface area contributed by atoms with Crippen LogP contribution >= 0.6 is 11.8 Å². The van der Waals surface area contributed by atoms with Crippen molar-refractivity contribution in [3.63, 3.8) is 0 Å². The Bertz CT molecular complexity index is 1080. The van der Waals surface area contributed by atoms with Crippen molar-refractivity contribution < 1.29 is 13.9 Å². The Morgan fingerprint density at radius 1 is 1.27 bits per heavy atom. The molecule has 1 amide bonds. The Morgan fingerprint density at radius 2 is 2.03 bits per heavy atom. The third-order valence-corrected chi connectivity index (χ3v) is 4.90. The number of amides is 1. The number of nitriles is 1. The van der Waals surface area contributed by atoms with E-state index in [1.54, 1.807) is 47.0 Å². The third-order valence-electron chi connectivity index (χ3n) is 3.93. The van der Waals surface area contributed by atoms with E-state index >= 15 is 0 Å². The van der Waals surface area contributed by atoms with Gasteiger partial charge in [-0.2, -0.15) is 5.26 Å². The number of allylic oxidation sites excluding steroid dienone is 1. The molecule has 0 bridgehead atoms. The molecule has 0 fully saturated rings. The minimum Gasteiger partial charge on any atom is -0.483 e. The first kappa shape index (κ1) is 21.1. The summed E-state index contributed by atoms with van der Waals surface area (Å²) in [5.41, 5.74) is 1.12. The molecule has 7 nitrogen and oxygen atoms in total. The van der Waals surface area contributed by atoms with Crippen molar-refractivity contribution >= 4 is 23.4 Å². The van der Waals surface area contributed by atoms with E-state index in [-0.39, 0.29) is 24.0 Å². The fraction of sp³-hybridized carbons (Fsp3) is 0.143. The second kappa shape index (κ2) is 10.2. The van der Waals surface area contributed by atoms with Gasteiger partial charge in [-0.25, -0.2) is 4.39 Å². The Balaban J connectivity index is 1.61. The van der Waals surface area contributed by atoms with Crippen LogP contribution in [-0.4, -0.2) is 26.4 Å². The topological polar surface area (TPSA) is 92.8 Å². The van der Waals surface area contributed by atoms with Gasteiger partial charge in [0.05, 0.1) is 17.4 Å². The summed E-state index contributed by atoms with van der Waals surface area (Å²) in [6.45, 7) is 4.17. The summed E-state index contributed by atoms with van der Waals surface area (Å²) in [4.78, 5) is 12.2. The van der Waals surface area contributed by atoms with Gasteiger partial charge in [-0.3, -0.25) is 9.36 Å². The fourth-order valence-corrected chi connectivity index (χ4v) is 3.27. The zero-order valence-electron chi connectivity index (χ0n) is 15.9. The number of carbonyl (C=O) groups is 1. The summed E-state index contributed by atoms with van der Waals surface area (Å²) < 4.78 is 21.0. The molecule has 0 aliphatic carbocycles. The van der Waals surface area contributed by atoms with Crippen LogP contribution in [0.1, 0.15) is 11.4 Å². The maximum absolute atomic E-state index is 13.7. The van der Waals surface area contributed by atoms with Gasteiger partial charge in [-0.15, -0.1) is 16.8 Å². The summed E-state index contributed by atoms with van der Waals surface area (Å²) in [7, 11) is 0. The zero-order chi connectivity index (χ0) is 21.3. The first-order chi connectivity index (χ1) is 14.6. The lowest BCUT2D eigenvalue weighted by Gasteiger charge is -2.10. The number of anilines is 1. The fourth-order valence-electron chi connectivity index (χ4n) is 2.50. The molecule has 1 N–H and O–H groups in total. The summed E-state index contributed by atoms with van der Waals surface area (Å²) >= 11 is 1.22. The highest BCUT2D eigenvalue weighted by Crippen LogP contribution is 2.21. The summed E-state index contributed by atoms with van der Waals surface area (Å²) in [6, 6.07) is 14.7. The summed E-state index contributed by atoms with van der Waals surface area (Å²) in [5, 5.41) is 20.3. The Morgan fingerprint density at radius 3 is 2.73 bits per heavy atom. The van der Waals surface area contributed by atoms with E-state index in [1.165, 1.54) is 23.9 Å². The van der Waals surface area contributed by atoms with Gasteiger partial charge in [0.1, 0.15) is 6.61 Å². The zero-order valence-corrected chi connectivity index (χ0v) is 16.7. The number of ether oxygens (including phenoxy) is 1. The highest BCUT2D eigenvalue weighted by atomic mass is 32.2.